The Morgan fingerprint density at radius 1 is 1.44 bits per heavy atom. The van der Waals surface area contributed by atoms with Crippen molar-refractivity contribution in [1.29, 1.82) is 0 Å². The molecule has 6 heteroatoms. The predicted octanol–water partition coefficient (Wildman–Crippen LogP) is 1.27. The number of halogens is 1. The van der Waals surface area contributed by atoms with Gasteiger partial charge in [-0.2, -0.15) is 5.10 Å². The van der Waals surface area contributed by atoms with Crippen LogP contribution in [0.5, 0.6) is 5.75 Å². The molecule has 0 radical (unpaired) electrons. The number of aromatic hydroxyl groups is 1. The van der Waals surface area contributed by atoms with Gasteiger partial charge in [-0.3, -0.25) is 0 Å². The zero-order valence-electron chi connectivity index (χ0n) is 9.03. The quantitative estimate of drug-likeness (QED) is 0.413. The highest BCUT2D eigenvalue weighted by Gasteiger charge is 2.09. The second-order valence-electron chi connectivity index (χ2n) is 3.33. The van der Waals surface area contributed by atoms with E-state index in [1.54, 1.807) is 19.9 Å². The van der Waals surface area contributed by atoms with Crippen LogP contribution in [-0.2, 0) is 0 Å². The summed E-state index contributed by atoms with van der Waals surface area (Å²) in [4.78, 5) is 0. The molecule has 0 aliphatic heterocycles. The van der Waals surface area contributed by atoms with E-state index in [0.717, 1.165) is 5.56 Å². The Hall–Kier alpha value is -1.75. The van der Waals surface area contributed by atoms with Gasteiger partial charge in [-0.15, -0.1) is 5.10 Å². The van der Waals surface area contributed by atoms with Crippen LogP contribution in [0.3, 0.4) is 0 Å². The number of hydrogen-bond donors (Lipinski definition) is 3. The van der Waals surface area contributed by atoms with Crippen molar-refractivity contribution in [2.45, 2.75) is 13.8 Å². The molecule has 0 amide bonds. The molecule has 0 aliphatic carbocycles. The van der Waals surface area contributed by atoms with Crippen molar-refractivity contribution in [2.24, 2.45) is 21.7 Å². The highest BCUT2D eigenvalue weighted by atomic mass is 35.5. The lowest BCUT2D eigenvalue weighted by Gasteiger charge is -2.08. The van der Waals surface area contributed by atoms with Gasteiger partial charge in [0.15, 0.2) is 0 Å². The summed E-state index contributed by atoms with van der Waals surface area (Å²) in [6, 6.07) is 1.68. The average Bonchev–Trinajstić information content (AvgIpc) is 2.20. The zero-order chi connectivity index (χ0) is 12.3. The third-order valence-electron chi connectivity index (χ3n) is 2.09. The van der Waals surface area contributed by atoms with Gasteiger partial charge < -0.3 is 16.6 Å². The van der Waals surface area contributed by atoms with Gasteiger partial charge in [-0.05, 0) is 31.0 Å². The molecule has 86 valence electrons. The minimum absolute atomic E-state index is 0.122. The molecule has 5 N–H and O–H groups in total. The topological polar surface area (TPSA) is 97.0 Å². The molecule has 1 aromatic rings. The molecule has 0 aliphatic rings. The minimum atomic E-state index is -0.146. The number of benzene rings is 1. The lowest BCUT2D eigenvalue weighted by Crippen LogP contribution is -2.21. The van der Waals surface area contributed by atoms with E-state index in [1.165, 1.54) is 6.21 Å². The fourth-order valence-corrected chi connectivity index (χ4v) is 1.46. The molecule has 0 saturated heterocycles. The third-order valence-corrected chi connectivity index (χ3v) is 2.49. The largest absolute Gasteiger partial charge is 0.507 e. The van der Waals surface area contributed by atoms with E-state index in [0.29, 0.717) is 16.1 Å². The van der Waals surface area contributed by atoms with E-state index < -0.39 is 0 Å². The lowest BCUT2D eigenvalue weighted by molar-refractivity contribution is 0.470. The van der Waals surface area contributed by atoms with Crippen LogP contribution in [0, 0.1) is 13.8 Å². The summed E-state index contributed by atoms with van der Waals surface area (Å²) >= 11 is 5.97. The second-order valence-corrected chi connectivity index (χ2v) is 3.74. The van der Waals surface area contributed by atoms with E-state index in [9.17, 15) is 5.11 Å². The standard InChI is InChI=1S/C10H13ClN4O/c1-5-3-8(11)6(2)7(9(5)16)4-14-15-10(12)13/h3-4,16H,1-2H3,(H4,12,13,15). The molecule has 1 aromatic carbocycles. The molecule has 1 rings (SSSR count). The molecule has 0 atom stereocenters. The Kier molecular flexibility index (Phi) is 3.73. The number of phenolic OH excluding ortho intramolecular Hbond substituents is 1. The van der Waals surface area contributed by atoms with Gasteiger partial charge in [0.25, 0.3) is 0 Å². The first kappa shape index (κ1) is 12.3. The number of phenols is 1. The van der Waals surface area contributed by atoms with Crippen LogP contribution < -0.4 is 11.5 Å². The first-order chi connectivity index (χ1) is 7.43. The number of hydrogen-bond acceptors (Lipinski definition) is 3. The Labute approximate surface area is 98.4 Å². The van der Waals surface area contributed by atoms with Crippen LogP contribution in [0.25, 0.3) is 0 Å². The Morgan fingerprint density at radius 3 is 2.62 bits per heavy atom. The Balaban J connectivity index is 3.23. The molecule has 0 aromatic heterocycles. The van der Waals surface area contributed by atoms with E-state index in [-0.39, 0.29) is 11.7 Å². The van der Waals surface area contributed by atoms with Gasteiger partial charge in [0, 0.05) is 10.6 Å². The van der Waals surface area contributed by atoms with Crippen LogP contribution in [0.4, 0.5) is 0 Å². The van der Waals surface area contributed by atoms with Crippen molar-refractivity contribution in [1.82, 2.24) is 0 Å². The normalized spacial score (nSPS) is 10.7. The van der Waals surface area contributed by atoms with Crippen molar-refractivity contribution >= 4 is 23.8 Å². The zero-order valence-corrected chi connectivity index (χ0v) is 9.78. The smallest absolute Gasteiger partial charge is 0.211 e. The predicted molar refractivity (Wildman–Crippen MR) is 66.0 cm³/mol. The second kappa shape index (κ2) is 4.85. The van der Waals surface area contributed by atoms with Crippen molar-refractivity contribution < 1.29 is 5.11 Å². The maximum atomic E-state index is 9.81. The molecule has 0 bridgehead atoms. The highest BCUT2D eigenvalue weighted by Crippen LogP contribution is 2.29. The number of guanidine groups is 1. The molecule has 16 heavy (non-hydrogen) atoms. The SMILES string of the molecule is Cc1cc(Cl)c(C)c(C=NN=C(N)N)c1O. The molecule has 0 spiro atoms. The first-order valence-corrected chi connectivity index (χ1v) is 4.92. The van der Waals surface area contributed by atoms with Crippen LogP contribution in [0.2, 0.25) is 5.02 Å². The number of aryl methyl sites for hydroxylation is 1. The average molecular weight is 241 g/mol. The summed E-state index contributed by atoms with van der Waals surface area (Å²) in [5.41, 5.74) is 12.1. The van der Waals surface area contributed by atoms with Crippen LogP contribution in [-0.4, -0.2) is 17.3 Å². The minimum Gasteiger partial charge on any atom is -0.507 e. The van der Waals surface area contributed by atoms with Gasteiger partial charge in [0.1, 0.15) is 5.75 Å². The molecule has 0 unspecified atom stereocenters. The van der Waals surface area contributed by atoms with Gasteiger partial charge in [-0.25, -0.2) is 0 Å². The molecular formula is C10H13ClN4O. The lowest BCUT2D eigenvalue weighted by atomic mass is 10.0. The van der Waals surface area contributed by atoms with Crippen molar-refractivity contribution in [3.05, 3.63) is 27.8 Å². The number of nitrogens with two attached hydrogens (primary N) is 2. The van der Waals surface area contributed by atoms with Crippen LogP contribution >= 0.6 is 11.6 Å². The van der Waals surface area contributed by atoms with E-state index in [1.807, 2.05) is 0 Å². The summed E-state index contributed by atoms with van der Waals surface area (Å²) in [5, 5.41) is 17.5. The van der Waals surface area contributed by atoms with E-state index in [2.05, 4.69) is 10.2 Å². The summed E-state index contributed by atoms with van der Waals surface area (Å²) in [6.45, 7) is 3.52. The molecular weight excluding hydrogens is 228 g/mol. The summed E-state index contributed by atoms with van der Waals surface area (Å²) < 4.78 is 0. The van der Waals surface area contributed by atoms with Crippen LogP contribution in [0.1, 0.15) is 16.7 Å². The third kappa shape index (κ3) is 2.64. The first-order valence-electron chi connectivity index (χ1n) is 4.54. The van der Waals surface area contributed by atoms with Gasteiger partial charge in [0.05, 0.1) is 6.21 Å². The van der Waals surface area contributed by atoms with E-state index in [4.69, 9.17) is 23.1 Å². The van der Waals surface area contributed by atoms with Crippen molar-refractivity contribution in [3.8, 4) is 5.75 Å². The fourth-order valence-electron chi connectivity index (χ4n) is 1.20. The molecule has 5 nitrogen and oxygen atoms in total. The van der Waals surface area contributed by atoms with Crippen LogP contribution in [0.15, 0.2) is 16.3 Å². The number of nitrogens with zero attached hydrogens (tertiary/aromatic N) is 2. The van der Waals surface area contributed by atoms with Crippen molar-refractivity contribution in [2.75, 3.05) is 0 Å². The van der Waals surface area contributed by atoms with Gasteiger partial charge in [-0.1, -0.05) is 11.6 Å². The Morgan fingerprint density at radius 2 is 2.06 bits per heavy atom. The highest BCUT2D eigenvalue weighted by molar-refractivity contribution is 6.31. The summed E-state index contributed by atoms with van der Waals surface area (Å²) in [7, 11) is 0. The maximum absolute atomic E-state index is 9.81. The summed E-state index contributed by atoms with van der Waals surface area (Å²) in [5.74, 6) is -0.0245. The molecule has 0 fully saturated rings. The number of rotatable bonds is 2. The van der Waals surface area contributed by atoms with Gasteiger partial charge in [0.2, 0.25) is 5.96 Å². The monoisotopic (exact) mass is 240 g/mol. The van der Waals surface area contributed by atoms with Gasteiger partial charge >= 0.3 is 0 Å². The maximum Gasteiger partial charge on any atom is 0.211 e. The molecule has 0 heterocycles. The van der Waals surface area contributed by atoms with Crippen molar-refractivity contribution in [3.63, 3.8) is 0 Å². The Bertz CT molecular complexity index is 438. The summed E-state index contributed by atoms with van der Waals surface area (Å²) in [6.07, 6.45) is 1.36. The van der Waals surface area contributed by atoms with E-state index >= 15 is 0 Å². The molecule has 0 saturated carbocycles. The fraction of sp³-hybridized carbons (Fsp3) is 0.200.